The highest BCUT2D eigenvalue weighted by Gasteiger charge is 2.08. The zero-order valence-electron chi connectivity index (χ0n) is 8.97. The largest absolute Gasteiger partial charge is 0.323 e. The lowest BCUT2D eigenvalue weighted by atomic mass is 10.2. The zero-order valence-corrected chi connectivity index (χ0v) is 9.72. The van der Waals surface area contributed by atoms with Crippen LogP contribution in [0.2, 0.25) is 5.02 Å². The quantitative estimate of drug-likeness (QED) is 0.890. The molecule has 84 valence electrons. The van der Waals surface area contributed by atoms with Crippen molar-refractivity contribution >= 4 is 11.6 Å². The maximum Gasteiger partial charge on any atom is 0.0998 e. The van der Waals surface area contributed by atoms with Crippen LogP contribution < -0.4 is 5.73 Å². The van der Waals surface area contributed by atoms with E-state index in [9.17, 15) is 0 Å². The average molecular weight is 237 g/mol. The maximum absolute atomic E-state index is 5.87. The van der Waals surface area contributed by atoms with E-state index in [0.29, 0.717) is 5.02 Å². The minimum Gasteiger partial charge on any atom is -0.323 e. The van der Waals surface area contributed by atoms with Gasteiger partial charge in [-0.1, -0.05) is 23.7 Å². The fourth-order valence-corrected chi connectivity index (χ4v) is 1.50. The minimum absolute atomic E-state index is 0.0546. The first kappa shape index (κ1) is 11.1. The SMILES string of the molecule is CCC(N)c1cn(-c2ccc(Cl)cc2)nn1. The molecule has 0 fully saturated rings. The molecule has 1 aromatic carbocycles. The number of nitrogens with zero attached hydrogens (tertiary/aromatic N) is 3. The van der Waals surface area contributed by atoms with Crippen molar-refractivity contribution in [3.05, 3.63) is 41.2 Å². The van der Waals surface area contributed by atoms with Crippen molar-refractivity contribution in [2.24, 2.45) is 5.73 Å². The summed E-state index contributed by atoms with van der Waals surface area (Å²) >= 11 is 5.81. The molecule has 0 saturated carbocycles. The third-order valence-corrected chi connectivity index (χ3v) is 2.67. The molecule has 1 unspecified atom stereocenters. The van der Waals surface area contributed by atoms with E-state index in [1.807, 2.05) is 37.4 Å². The molecule has 5 heteroatoms. The molecule has 1 heterocycles. The summed E-state index contributed by atoms with van der Waals surface area (Å²) < 4.78 is 1.70. The summed E-state index contributed by atoms with van der Waals surface area (Å²) in [6.45, 7) is 2.02. The van der Waals surface area contributed by atoms with Crippen LogP contribution in [0, 0.1) is 0 Å². The van der Waals surface area contributed by atoms with Crippen LogP contribution in [0.1, 0.15) is 25.1 Å². The molecule has 1 atom stereocenters. The van der Waals surface area contributed by atoms with E-state index in [4.69, 9.17) is 17.3 Å². The van der Waals surface area contributed by atoms with E-state index in [-0.39, 0.29) is 6.04 Å². The number of hydrogen-bond acceptors (Lipinski definition) is 3. The standard InChI is InChI=1S/C11H13ClN4/c1-2-10(13)11-7-16(15-14-11)9-5-3-8(12)4-6-9/h3-7,10H,2,13H2,1H3. The summed E-state index contributed by atoms with van der Waals surface area (Å²) in [5, 5.41) is 8.77. The summed E-state index contributed by atoms with van der Waals surface area (Å²) in [6, 6.07) is 7.35. The van der Waals surface area contributed by atoms with Gasteiger partial charge in [-0.3, -0.25) is 0 Å². The van der Waals surface area contributed by atoms with Gasteiger partial charge in [-0.05, 0) is 30.7 Å². The van der Waals surface area contributed by atoms with E-state index in [1.54, 1.807) is 4.68 Å². The summed E-state index contributed by atoms with van der Waals surface area (Å²) in [6.07, 6.45) is 2.69. The second kappa shape index (κ2) is 4.63. The Morgan fingerprint density at radius 1 is 1.38 bits per heavy atom. The Kier molecular flexibility index (Phi) is 3.22. The summed E-state index contributed by atoms with van der Waals surface area (Å²) in [5.74, 6) is 0. The van der Waals surface area contributed by atoms with Gasteiger partial charge in [0.1, 0.15) is 0 Å². The van der Waals surface area contributed by atoms with Gasteiger partial charge in [0.25, 0.3) is 0 Å². The molecule has 0 saturated heterocycles. The second-order valence-corrected chi connectivity index (χ2v) is 4.02. The van der Waals surface area contributed by atoms with Crippen molar-refractivity contribution in [2.45, 2.75) is 19.4 Å². The molecule has 2 rings (SSSR count). The average Bonchev–Trinajstić information content (AvgIpc) is 2.78. The molecule has 0 amide bonds. The number of halogens is 1. The normalized spacial score (nSPS) is 12.7. The van der Waals surface area contributed by atoms with E-state index in [1.165, 1.54) is 0 Å². The first-order valence-electron chi connectivity index (χ1n) is 5.14. The number of nitrogens with two attached hydrogens (primary N) is 1. The molecule has 2 aromatic rings. The Labute approximate surface area is 99.0 Å². The fourth-order valence-electron chi connectivity index (χ4n) is 1.38. The Bertz CT molecular complexity index is 463. The van der Waals surface area contributed by atoms with Gasteiger partial charge in [-0.15, -0.1) is 5.10 Å². The predicted molar refractivity (Wildman–Crippen MR) is 63.6 cm³/mol. The van der Waals surface area contributed by atoms with E-state index >= 15 is 0 Å². The van der Waals surface area contributed by atoms with Crippen molar-refractivity contribution in [1.82, 2.24) is 15.0 Å². The fraction of sp³-hybridized carbons (Fsp3) is 0.273. The Morgan fingerprint density at radius 3 is 2.69 bits per heavy atom. The van der Waals surface area contributed by atoms with Crippen LogP contribution in [-0.4, -0.2) is 15.0 Å². The minimum atomic E-state index is -0.0546. The van der Waals surface area contributed by atoms with Crippen molar-refractivity contribution in [1.29, 1.82) is 0 Å². The van der Waals surface area contributed by atoms with Gasteiger partial charge in [0, 0.05) is 5.02 Å². The van der Waals surface area contributed by atoms with Crippen molar-refractivity contribution in [3.63, 3.8) is 0 Å². The molecule has 0 aliphatic rings. The number of benzene rings is 1. The molecule has 0 spiro atoms. The van der Waals surface area contributed by atoms with Crippen LogP contribution in [0.15, 0.2) is 30.5 Å². The first-order chi connectivity index (χ1) is 7.70. The van der Waals surface area contributed by atoms with E-state index in [0.717, 1.165) is 17.8 Å². The molecule has 0 bridgehead atoms. The Morgan fingerprint density at radius 2 is 2.06 bits per heavy atom. The monoisotopic (exact) mass is 236 g/mol. The third kappa shape index (κ3) is 2.23. The number of aromatic nitrogens is 3. The molecule has 0 aliphatic heterocycles. The smallest absolute Gasteiger partial charge is 0.0998 e. The van der Waals surface area contributed by atoms with Gasteiger partial charge in [-0.2, -0.15) is 0 Å². The zero-order chi connectivity index (χ0) is 11.5. The van der Waals surface area contributed by atoms with E-state index < -0.39 is 0 Å². The third-order valence-electron chi connectivity index (χ3n) is 2.42. The molecule has 0 aliphatic carbocycles. The lowest BCUT2D eigenvalue weighted by molar-refractivity contribution is 0.670. The first-order valence-corrected chi connectivity index (χ1v) is 5.52. The topological polar surface area (TPSA) is 56.7 Å². The molecular weight excluding hydrogens is 224 g/mol. The number of hydrogen-bond donors (Lipinski definition) is 1. The van der Waals surface area contributed by atoms with Crippen molar-refractivity contribution in [3.8, 4) is 5.69 Å². The molecule has 2 N–H and O–H groups in total. The van der Waals surface area contributed by atoms with Gasteiger partial charge in [0.15, 0.2) is 0 Å². The highest BCUT2D eigenvalue weighted by molar-refractivity contribution is 6.30. The molecule has 0 radical (unpaired) electrons. The highest BCUT2D eigenvalue weighted by atomic mass is 35.5. The van der Waals surface area contributed by atoms with Gasteiger partial charge in [0.05, 0.1) is 23.6 Å². The Balaban J connectivity index is 2.28. The van der Waals surface area contributed by atoms with Crippen LogP contribution in [-0.2, 0) is 0 Å². The summed E-state index contributed by atoms with van der Waals surface area (Å²) in [5.41, 5.74) is 7.60. The van der Waals surface area contributed by atoms with Gasteiger partial charge in [0.2, 0.25) is 0 Å². The predicted octanol–water partition coefficient (Wildman–Crippen LogP) is 2.33. The van der Waals surface area contributed by atoms with Crippen LogP contribution >= 0.6 is 11.6 Å². The van der Waals surface area contributed by atoms with Crippen LogP contribution in [0.4, 0.5) is 0 Å². The molecule has 1 aromatic heterocycles. The second-order valence-electron chi connectivity index (χ2n) is 3.58. The van der Waals surface area contributed by atoms with Crippen LogP contribution in [0.25, 0.3) is 5.69 Å². The lowest BCUT2D eigenvalue weighted by Gasteiger charge is -2.02. The van der Waals surface area contributed by atoms with Crippen LogP contribution in [0.3, 0.4) is 0 Å². The lowest BCUT2D eigenvalue weighted by Crippen LogP contribution is -2.08. The molecular formula is C11H13ClN4. The summed E-state index contributed by atoms with van der Waals surface area (Å²) in [4.78, 5) is 0. The van der Waals surface area contributed by atoms with Crippen molar-refractivity contribution < 1.29 is 0 Å². The summed E-state index contributed by atoms with van der Waals surface area (Å²) in [7, 11) is 0. The Hall–Kier alpha value is -1.39. The van der Waals surface area contributed by atoms with Gasteiger partial charge in [-0.25, -0.2) is 4.68 Å². The van der Waals surface area contributed by atoms with E-state index in [2.05, 4.69) is 10.3 Å². The highest BCUT2D eigenvalue weighted by Crippen LogP contribution is 2.15. The molecule has 16 heavy (non-hydrogen) atoms. The maximum atomic E-state index is 5.87. The van der Waals surface area contributed by atoms with Crippen molar-refractivity contribution in [2.75, 3.05) is 0 Å². The van der Waals surface area contributed by atoms with Gasteiger partial charge < -0.3 is 5.73 Å². The molecule has 4 nitrogen and oxygen atoms in total. The number of rotatable bonds is 3. The van der Waals surface area contributed by atoms with Crippen LogP contribution in [0.5, 0.6) is 0 Å². The van der Waals surface area contributed by atoms with Gasteiger partial charge >= 0.3 is 0 Å².